The molecule has 0 aromatic carbocycles. The number of anilines is 1. The lowest BCUT2D eigenvalue weighted by Gasteiger charge is -2.43. The van der Waals surface area contributed by atoms with Crippen LogP contribution < -0.4 is 5.32 Å². The fourth-order valence-electron chi connectivity index (χ4n) is 3.35. The lowest BCUT2D eigenvalue weighted by Crippen LogP contribution is -2.55. The highest BCUT2D eigenvalue weighted by molar-refractivity contribution is 5.76. The van der Waals surface area contributed by atoms with Crippen LogP contribution in [-0.4, -0.2) is 56.8 Å². The van der Waals surface area contributed by atoms with Gasteiger partial charge in [-0.15, -0.1) is 0 Å². The van der Waals surface area contributed by atoms with Gasteiger partial charge in [-0.05, 0) is 32.1 Å². The normalized spacial score (nSPS) is 24.4. The largest absolute Gasteiger partial charge is 0.481 e. The Labute approximate surface area is 149 Å². The van der Waals surface area contributed by atoms with Crippen molar-refractivity contribution in [2.24, 2.45) is 11.3 Å². The molecule has 2 rings (SSSR count). The van der Waals surface area contributed by atoms with E-state index < -0.39 is 17.5 Å². The van der Waals surface area contributed by atoms with Gasteiger partial charge in [0, 0.05) is 44.1 Å². The van der Waals surface area contributed by atoms with Gasteiger partial charge in [-0.3, -0.25) is 9.69 Å². The van der Waals surface area contributed by atoms with Crippen LogP contribution in [0, 0.1) is 11.3 Å². The number of carbonyl (C=O) groups is 1. The molecule has 0 spiro atoms. The van der Waals surface area contributed by atoms with Gasteiger partial charge >= 0.3 is 5.97 Å². The molecule has 1 fully saturated rings. The van der Waals surface area contributed by atoms with Crippen LogP contribution in [0.5, 0.6) is 0 Å². The van der Waals surface area contributed by atoms with E-state index in [1.54, 1.807) is 12.4 Å². The first kappa shape index (κ1) is 19.6. The SMILES string of the molecule is CCNc1ncc(CN2CC[C@@H](O)[C@](CCC(C)C)(C(=O)O)C2)cn1. The average Bonchev–Trinajstić information content (AvgIpc) is 2.57. The van der Waals surface area contributed by atoms with E-state index in [0.29, 0.717) is 44.3 Å². The van der Waals surface area contributed by atoms with Crippen molar-refractivity contribution in [2.45, 2.75) is 52.7 Å². The van der Waals surface area contributed by atoms with Crippen LogP contribution in [0.3, 0.4) is 0 Å². The summed E-state index contributed by atoms with van der Waals surface area (Å²) in [6, 6.07) is 0. The number of hydrogen-bond donors (Lipinski definition) is 3. The summed E-state index contributed by atoms with van der Waals surface area (Å²) in [7, 11) is 0. The molecule has 1 aliphatic rings. The molecule has 1 aliphatic heterocycles. The van der Waals surface area contributed by atoms with Crippen LogP contribution in [0.2, 0.25) is 0 Å². The summed E-state index contributed by atoms with van der Waals surface area (Å²) in [5.41, 5.74) is -0.145. The summed E-state index contributed by atoms with van der Waals surface area (Å²) in [5.74, 6) is 0.104. The summed E-state index contributed by atoms with van der Waals surface area (Å²) >= 11 is 0. The molecule has 25 heavy (non-hydrogen) atoms. The van der Waals surface area contributed by atoms with Gasteiger partial charge in [0.25, 0.3) is 0 Å². The summed E-state index contributed by atoms with van der Waals surface area (Å²) in [6.07, 6.45) is 4.50. The van der Waals surface area contributed by atoms with E-state index in [1.165, 1.54) is 0 Å². The average molecular weight is 350 g/mol. The zero-order valence-electron chi connectivity index (χ0n) is 15.4. The predicted octanol–water partition coefficient (Wildman–Crippen LogP) is 1.98. The van der Waals surface area contributed by atoms with E-state index in [1.807, 2.05) is 6.92 Å². The maximum atomic E-state index is 12.0. The molecule has 0 bridgehead atoms. The van der Waals surface area contributed by atoms with Gasteiger partial charge in [-0.2, -0.15) is 0 Å². The first-order chi connectivity index (χ1) is 11.9. The van der Waals surface area contributed by atoms with E-state index in [-0.39, 0.29) is 0 Å². The third-order valence-electron chi connectivity index (χ3n) is 4.90. The fraction of sp³-hybridized carbons (Fsp3) is 0.722. The number of aliphatic hydroxyl groups excluding tert-OH is 1. The van der Waals surface area contributed by atoms with Gasteiger partial charge in [0.15, 0.2) is 0 Å². The van der Waals surface area contributed by atoms with Crippen molar-refractivity contribution in [1.29, 1.82) is 0 Å². The highest BCUT2D eigenvalue weighted by atomic mass is 16.4. The quantitative estimate of drug-likeness (QED) is 0.659. The lowest BCUT2D eigenvalue weighted by molar-refractivity contribution is -0.165. The minimum atomic E-state index is -1.09. The minimum absolute atomic E-state index is 0.352. The third kappa shape index (κ3) is 4.89. The van der Waals surface area contributed by atoms with Crippen molar-refractivity contribution < 1.29 is 15.0 Å². The second-order valence-electron chi connectivity index (χ2n) is 7.35. The Morgan fingerprint density at radius 3 is 2.68 bits per heavy atom. The second kappa shape index (κ2) is 8.58. The van der Waals surface area contributed by atoms with Gasteiger partial charge in [0.2, 0.25) is 5.95 Å². The van der Waals surface area contributed by atoms with Crippen LogP contribution in [0.4, 0.5) is 5.95 Å². The molecule has 0 unspecified atom stereocenters. The highest BCUT2D eigenvalue weighted by Crippen LogP contribution is 2.37. The highest BCUT2D eigenvalue weighted by Gasteiger charge is 2.48. The number of nitrogens with one attached hydrogen (secondary N) is 1. The molecule has 1 saturated heterocycles. The van der Waals surface area contributed by atoms with Crippen molar-refractivity contribution in [3.8, 4) is 0 Å². The molecule has 2 heterocycles. The number of rotatable bonds is 8. The van der Waals surface area contributed by atoms with Crippen LogP contribution in [-0.2, 0) is 11.3 Å². The Morgan fingerprint density at radius 1 is 1.44 bits per heavy atom. The molecular formula is C18H30N4O3. The van der Waals surface area contributed by atoms with E-state index in [2.05, 4.69) is 34.0 Å². The van der Waals surface area contributed by atoms with Gasteiger partial charge in [-0.1, -0.05) is 13.8 Å². The number of likely N-dealkylation sites (tertiary alicyclic amines) is 1. The first-order valence-corrected chi connectivity index (χ1v) is 9.06. The molecule has 7 nitrogen and oxygen atoms in total. The number of nitrogens with zero attached hydrogens (tertiary/aromatic N) is 3. The summed E-state index contributed by atoms with van der Waals surface area (Å²) in [4.78, 5) is 22.6. The van der Waals surface area contributed by atoms with Gasteiger partial charge in [0.05, 0.1) is 6.10 Å². The second-order valence-corrected chi connectivity index (χ2v) is 7.35. The number of aliphatic hydroxyl groups is 1. The number of aromatic nitrogens is 2. The summed E-state index contributed by atoms with van der Waals surface area (Å²) < 4.78 is 0. The number of carboxylic acids is 1. The standard InChI is InChI=1S/C18H30N4O3/c1-4-19-17-20-9-14(10-21-17)11-22-8-6-15(23)18(12-22,16(24)25)7-5-13(2)3/h9-10,13,15,23H,4-8,11-12H2,1-3H3,(H,24,25)(H,19,20,21)/t15-,18-/m1/s1. The van der Waals surface area contributed by atoms with Crippen molar-refractivity contribution in [3.05, 3.63) is 18.0 Å². The molecule has 1 aromatic heterocycles. The number of aliphatic carboxylic acids is 1. The smallest absolute Gasteiger partial charge is 0.313 e. The number of piperidine rings is 1. The Morgan fingerprint density at radius 2 is 2.12 bits per heavy atom. The fourth-order valence-corrected chi connectivity index (χ4v) is 3.35. The van der Waals surface area contributed by atoms with Crippen LogP contribution in [0.1, 0.15) is 45.6 Å². The summed E-state index contributed by atoms with van der Waals surface area (Å²) in [5, 5.41) is 23.3. The first-order valence-electron chi connectivity index (χ1n) is 9.06. The van der Waals surface area contributed by atoms with E-state index in [9.17, 15) is 15.0 Å². The van der Waals surface area contributed by atoms with Crippen LogP contribution >= 0.6 is 0 Å². The minimum Gasteiger partial charge on any atom is -0.481 e. The number of carboxylic acid groups (broad SMARTS) is 1. The molecule has 140 valence electrons. The monoisotopic (exact) mass is 350 g/mol. The summed E-state index contributed by atoms with van der Waals surface area (Å²) in [6.45, 7) is 8.52. The van der Waals surface area contributed by atoms with E-state index in [0.717, 1.165) is 18.5 Å². The molecule has 3 N–H and O–H groups in total. The third-order valence-corrected chi connectivity index (χ3v) is 4.90. The molecule has 0 amide bonds. The number of hydrogen-bond acceptors (Lipinski definition) is 6. The van der Waals surface area contributed by atoms with Crippen LogP contribution in [0.15, 0.2) is 12.4 Å². The molecule has 2 atom stereocenters. The Bertz CT molecular complexity index is 564. The molecular weight excluding hydrogens is 320 g/mol. The van der Waals surface area contributed by atoms with Gasteiger partial charge in [-0.25, -0.2) is 9.97 Å². The zero-order chi connectivity index (χ0) is 18.4. The Hall–Kier alpha value is -1.73. The molecule has 0 radical (unpaired) electrons. The molecule has 7 heteroatoms. The van der Waals surface area contributed by atoms with Gasteiger partial charge in [0.1, 0.15) is 5.41 Å². The maximum absolute atomic E-state index is 12.0. The predicted molar refractivity (Wildman–Crippen MR) is 96.2 cm³/mol. The Kier molecular flexibility index (Phi) is 6.72. The maximum Gasteiger partial charge on any atom is 0.313 e. The molecule has 0 saturated carbocycles. The van der Waals surface area contributed by atoms with Crippen LogP contribution in [0.25, 0.3) is 0 Å². The Balaban J connectivity index is 2.08. The van der Waals surface area contributed by atoms with Crippen molar-refractivity contribution in [2.75, 3.05) is 25.0 Å². The molecule has 1 aromatic rings. The van der Waals surface area contributed by atoms with E-state index in [4.69, 9.17) is 0 Å². The topological polar surface area (TPSA) is 98.6 Å². The van der Waals surface area contributed by atoms with E-state index >= 15 is 0 Å². The van der Waals surface area contributed by atoms with Gasteiger partial charge < -0.3 is 15.5 Å². The van der Waals surface area contributed by atoms with Crippen molar-refractivity contribution in [1.82, 2.24) is 14.9 Å². The molecule has 0 aliphatic carbocycles. The van der Waals surface area contributed by atoms with Crippen molar-refractivity contribution >= 4 is 11.9 Å². The van der Waals surface area contributed by atoms with Crippen molar-refractivity contribution in [3.63, 3.8) is 0 Å². The zero-order valence-corrected chi connectivity index (χ0v) is 15.4. The lowest BCUT2D eigenvalue weighted by atomic mass is 9.72.